The largest absolute Gasteiger partial charge is 0.378 e. The highest BCUT2D eigenvalue weighted by atomic mass is 16.7. The molecule has 0 spiro atoms. The minimum atomic E-state index is -0.709. The number of amides is 2. The van der Waals surface area contributed by atoms with Crippen molar-refractivity contribution in [3.8, 4) is 0 Å². The molecule has 2 amide bonds. The molecule has 7 heteroatoms. The van der Waals surface area contributed by atoms with Gasteiger partial charge in [-0.25, -0.2) is 4.79 Å². The smallest absolute Gasteiger partial charge is 0.352 e. The molecule has 0 aromatic heterocycles. The second-order valence-electron chi connectivity index (χ2n) is 4.44. The molecule has 7 nitrogen and oxygen atoms in total. The lowest BCUT2D eigenvalue weighted by Gasteiger charge is -2.23. The first kappa shape index (κ1) is 12.8. The molecule has 1 aromatic rings. The van der Waals surface area contributed by atoms with Gasteiger partial charge in [-0.3, -0.25) is 9.59 Å². The molecule has 0 saturated carbocycles. The van der Waals surface area contributed by atoms with Crippen molar-refractivity contribution in [2.45, 2.75) is 6.04 Å². The quantitative estimate of drug-likeness (QED) is 0.748. The van der Waals surface area contributed by atoms with Crippen molar-refractivity contribution in [3.63, 3.8) is 0 Å². The number of fused-ring (bicyclic) bond motifs is 1. The molecule has 1 saturated heterocycles. The number of nitrogens with one attached hydrogen (secondary N) is 1. The average molecular weight is 276 g/mol. The molecule has 2 aliphatic heterocycles. The number of rotatable bonds is 2. The van der Waals surface area contributed by atoms with E-state index in [1.54, 1.807) is 12.1 Å². The lowest BCUT2D eigenvalue weighted by molar-refractivity contribution is -0.174. The Bertz CT molecular complexity index is 545. The van der Waals surface area contributed by atoms with Crippen molar-refractivity contribution < 1.29 is 24.0 Å². The fraction of sp³-hybridized carbons (Fsp3) is 0.308. The van der Waals surface area contributed by atoms with Crippen molar-refractivity contribution >= 4 is 17.8 Å². The number of carbonyl (C=O) groups is 3. The molecule has 0 aliphatic carbocycles. The van der Waals surface area contributed by atoms with Crippen LogP contribution in [0.1, 0.15) is 20.7 Å². The first-order valence-corrected chi connectivity index (χ1v) is 6.19. The van der Waals surface area contributed by atoms with Crippen LogP contribution < -0.4 is 5.32 Å². The SMILES string of the molecule is O=C(ON1C(=O)c2ccccc2C1=O)C1COCCN1. The van der Waals surface area contributed by atoms with Crippen LogP contribution in [0.3, 0.4) is 0 Å². The van der Waals surface area contributed by atoms with Gasteiger partial charge in [0.25, 0.3) is 11.8 Å². The maximum absolute atomic E-state index is 12.0. The van der Waals surface area contributed by atoms with Crippen LogP contribution in [-0.4, -0.2) is 48.6 Å². The summed E-state index contributed by atoms with van der Waals surface area (Å²) in [6.45, 7) is 1.18. The summed E-state index contributed by atoms with van der Waals surface area (Å²) in [5.74, 6) is -1.97. The number of imide groups is 1. The van der Waals surface area contributed by atoms with Gasteiger partial charge >= 0.3 is 5.97 Å². The number of carbonyl (C=O) groups excluding carboxylic acids is 3. The van der Waals surface area contributed by atoms with Crippen LogP contribution >= 0.6 is 0 Å². The van der Waals surface area contributed by atoms with E-state index in [1.165, 1.54) is 12.1 Å². The van der Waals surface area contributed by atoms with Crippen LogP contribution in [-0.2, 0) is 14.4 Å². The Morgan fingerprint density at radius 1 is 1.25 bits per heavy atom. The Kier molecular flexibility index (Phi) is 3.21. The van der Waals surface area contributed by atoms with Crippen molar-refractivity contribution in [2.24, 2.45) is 0 Å². The van der Waals surface area contributed by atoms with Gasteiger partial charge in [-0.15, -0.1) is 0 Å². The molecule has 2 aliphatic rings. The molecule has 1 fully saturated rings. The molecule has 1 unspecified atom stereocenters. The monoisotopic (exact) mass is 276 g/mol. The predicted molar refractivity (Wildman–Crippen MR) is 65.6 cm³/mol. The highest BCUT2D eigenvalue weighted by Gasteiger charge is 2.39. The minimum Gasteiger partial charge on any atom is -0.378 e. The van der Waals surface area contributed by atoms with Crippen molar-refractivity contribution in [1.29, 1.82) is 0 Å². The number of hydrogen-bond acceptors (Lipinski definition) is 6. The van der Waals surface area contributed by atoms with Crippen LogP contribution in [0.25, 0.3) is 0 Å². The third-order valence-electron chi connectivity index (χ3n) is 3.14. The standard InChI is InChI=1S/C13H12N2O5/c16-11-8-3-1-2-4-9(8)12(17)15(11)20-13(18)10-7-19-6-5-14-10/h1-4,10,14H,5-7H2. The van der Waals surface area contributed by atoms with E-state index in [2.05, 4.69) is 5.32 Å². The van der Waals surface area contributed by atoms with Crippen LogP contribution in [0.15, 0.2) is 24.3 Å². The van der Waals surface area contributed by atoms with Crippen molar-refractivity contribution in [1.82, 2.24) is 10.4 Å². The summed E-state index contributed by atoms with van der Waals surface area (Å²) < 4.78 is 5.13. The van der Waals surface area contributed by atoms with Crippen LogP contribution in [0, 0.1) is 0 Å². The number of benzene rings is 1. The zero-order valence-electron chi connectivity index (χ0n) is 10.5. The fourth-order valence-corrected chi connectivity index (χ4v) is 2.12. The maximum Gasteiger partial charge on any atom is 0.352 e. The zero-order chi connectivity index (χ0) is 14.1. The van der Waals surface area contributed by atoms with Gasteiger partial charge in [0.2, 0.25) is 0 Å². The zero-order valence-corrected chi connectivity index (χ0v) is 10.5. The van der Waals surface area contributed by atoms with Gasteiger partial charge in [0, 0.05) is 6.54 Å². The molecule has 1 atom stereocenters. The van der Waals surface area contributed by atoms with E-state index in [1.807, 2.05) is 0 Å². The highest BCUT2D eigenvalue weighted by molar-refractivity contribution is 6.20. The molecule has 20 heavy (non-hydrogen) atoms. The van der Waals surface area contributed by atoms with Crippen molar-refractivity contribution in [3.05, 3.63) is 35.4 Å². The van der Waals surface area contributed by atoms with Crippen LogP contribution in [0.2, 0.25) is 0 Å². The number of morpholine rings is 1. The normalized spacial score (nSPS) is 21.8. The Morgan fingerprint density at radius 3 is 2.45 bits per heavy atom. The summed E-state index contributed by atoms with van der Waals surface area (Å²) in [6.07, 6.45) is 0. The summed E-state index contributed by atoms with van der Waals surface area (Å²) >= 11 is 0. The predicted octanol–water partition coefficient (Wildman–Crippen LogP) is -0.271. The maximum atomic E-state index is 12.0. The summed E-state index contributed by atoms with van der Waals surface area (Å²) in [5.41, 5.74) is 0.469. The van der Waals surface area contributed by atoms with E-state index in [0.717, 1.165) is 0 Å². The summed E-state index contributed by atoms with van der Waals surface area (Å²) in [5, 5.41) is 3.40. The van der Waals surface area contributed by atoms with Crippen LogP contribution in [0.4, 0.5) is 0 Å². The Balaban J connectivity index is 1.74. The van der Waals surface area contributed by atoms with Gasteiger partial charge in [0.1, 0.15) is 6.04 Å². The number of hydroxylamine groups is 2. The highest BCUT2D eigenvalue weighted by Crippen LogP contribution is 2.22. The van der Waals surface area contributed by atoms with E-state index < -0.39 is 23.8 Å². The summed E-state index contributed by atoms with van der Waals surface area (Å²) in [7, 11) is 0. The minimum absolute atomic E-state index is 0.155. The van der Waals surface area contributed by atoms with Gasteiger partial charge in [0.15, 0.2) is 0 Å². The number of ether oxygens (including phenoxy) is 1. The molecule has 104 valence electrons. The van der Waals surface area contributed by atoms with Gasteiger partial charge in [-0.2, -0.15) is 0 Å². The summed E-state index contributed by atoms with van der Waals surface area (Å²) in [6, 6.07) is 5.65. The van der Waals surface area contributed by atoms with Gasteiger partial charge in [-0.1, -0.05) is 17.2 Å². The van der Waals surface area contributed by atoms with Gasteiger partial charge in [0.05, 0.1) is 24.3 Å². The van der Waals surface area contributed by atoms with E-state index in [4.69, 9.17) is 9.57 Å². The van der Waals surface area contributed by atoms with E-state index in [-0.39, 0.29) is 17.7 Å². The third kappa shape index (κ3) is 2.06. The molecule has 1 N–H and O–H groups in total. The lowest BCUT2D eigenvalue weighted by atomic mass is 10.1. The van der Waals surface area contributed by atoms with Crippen molar-refractivity contribution in [2.75, 3.05) is 19.8 Å². The van der Waals surface area contributed by atoms with Gasteiger partial charge < -0.3 is 14.9 Å². The average Bonchev–Trinajstić information content (AvgIpc) is 2.74. The molecular weight excluding hydrogens is 264 g/mol. The van der Waals surface area contributed by atoms with E-state index >= 15 is 0 Å². The van der Waals surface area contributed by atoms with E-state index in [0.29, 0.717) is 18.2 Å². The molecular formula is C13H12N2O5. The van der Waals surface area contributed by atoms with Crippen LogP contribution in [0.5, 0.6) is 0 Å². The molecule has 2 heterocycles. The topological polar surface area (TPSA) is 84.9 Å². The number of nitrogens with zero attached hydrogens (tertiary/aromatic N) is 1. The number of hydrogen-bond donors (Lipinski definition) is 1. The van der Waals surface area contributed by atoms with E-state index in [9.17, 15) is 14.4 Å². The molecule has 1 aromatic carbocycles. The fourth-order valence-electron chi connectivity index (χ4n) is 2.12. The third-order valence-corrected chi connectivity index (χ3v) is 3.14. The second-order valence-corrected chi connectivity index (χ2v) is 4.44. The second kappa shape index (κ2) is 5.03. The Morgan fingerprint density at radius 2 is 1.90 bits per heavy atom. The Labute approximate surface area is 114 Å². The molecule has 0 bridgehead atoms. The first-order chi connectivity index (χ1) is 9.68. The first-order valence-electron chi connectivity index (χ1n) is 6.19. The van der Waals surface area contributed by atoms with Gasteiger partial charge in [-0.05, 0) is 12.1 Å². The molecule has 3 rings (SSSR count). The lowest BCUT2D eigenvalue weighted by Crippen LogP contribution is -2.49. The molecule has 0 radical (unpaired) electrons. The summed E-state index contributed by atoms with van der Waals surface area (Å²) in [4.78, 5) is 40.8. The Hall–Kier alpha value is -2.25.